The summed E-state index contributed by atoms with van der Waals surface area (Å²) >= 11 is 3.43. The summed E-state index contributed by atoms with van der Waals surface area (Å²) in [5.74, 6) is -0.00861. The molecule has 0 unspecified atom stereocenters. The van der Waals surface area contributed by atoms with Gasteiger partial charge in [-0.15, -0.1) is 0 Å². The number of hydrogen-bond donors (Lipinski definition) is 2. The number of carbonyl (C=O) groups is 1. The van der Waals surface area contributed by atoms with E-state index in [4.69, 9.17) is 5.73 Å². The summed E-state index contributed by atoms with van der Waals surface area (Å²) in [6, 6.07) is 11.8. The number of fused-ring (bicyclic) bond motifs is 1. The fourth-order valence-electron chi connectivity index (χ4n) is 3.02. The standard InChI is InChI=1S/C18H20BrN3O/c1-12-10-13(19)7-8-16(12)21-18(23)11-22-9-3-4-14-15(20)5-2-6-17(14)22/h2,5-8,10H,3-4,9,11,20H2,1H3,(H,21,23). The van der Waals surface area contributed by atoms with E-state index in [9.17, 15) is 4.79 Å². The Bertz CT molecular complexity index is 745. The third-order valence-corrected chi connectivity index (χ3v) is 4.67. The minimum absolute atomic E-state index is 0.00861. The summed E-state index contributed by atoms with van der Waals surface area (Å²) in [5, 5.41) is 3.00. The average Bonchev–Trinajstić information content (AvgIpc) is 2.51. The topological polar surface area (TPSA) is 58.4 Å². The molecule has 0 saturated carbocycles. The Morgan fingerprint density at radius 1 is 1.35 bits per heavy atom. The Kier molecular flexibility index (Phi) is 4.57. The number of carbonyl (C=O) groups excluding carboxylic acids is 1. The van der Waals surface area contributed by atoms with E-state index in [1.54, 1.807) is 0 Å². The molecule has 1 aliphatic heterocycles. The van der Waals surface area contributed by atoms with Crippen molar-refractivity contribution >= 4 is 38.9 Å². The van der Waals surface area contributed by atoms with Gasteiger partial charge in [-0.05, 0) is 61.2 Å². The lowest BCUT2D eigenvalue weighted by molar-refractivity contribution is -0.115. The molecule has 5 heteroatoms. The van der Waals surface area contributed by atoms with E-state index in [0.717, 1.165) is 52.0 Å². The van der Waals surface area contributed by atoms with Crippen LogP contribution in [-0.4, -0.2) is 19.0 Å². The number of amides is 1. The maximum absolute atomic E-state index is 12.4. The fourth-order valence-corrected chi connectivity index (χ4v) is 3.50. The van der Waals surface area contributed by atoms with Crippen LogP contribution >= 0.6 is 15.9 Å². The normalized spacial score (nSPS) is 13.6. The second kappa shape index (κ2) is 6.62. The van der Waals surface area contributed by atoms with Crippen LogP contribution < -0.4 is 16.0 Å². The number of hydrogen-bond acceptors (Lipinski definition) is 3. The van der Waals surface area contributed by atoms with Crippen LogP contribution in [0, 0.1) is 6.92 Å². The molecule has 4 nitrogen and oxygen atoms in total. The van der Waals surface area contributed by atoms with E-state index < -0.39 is 0 Å². The highest BCUT2D eigenvalue weighted by molar-refractivity contribution is 9.10. The van der Waals surface area contributed by atoms with Gasteiger partial charge in [0, 0.05) is 28.1 Å². The highest BCUT2D eigenvalue weighted by atomic mass is 79.9. The van der Waals surface area contributed by atoms with Crippen molar-refractivity contribution in [2.45, 2.75) is 19.8 Å². The van der Waals surface area contributed by atoms with Crippen molar-refractivity contribution in [1.82, 2.24) is 0 Å². The quantitative estimate of drug-likeness (QED) is 0.805. The largest absolute Gasteiger partial charge is 0.398 e. The van der Waals surface area contributed by atoms with Gasteiger partial charge in [0.05, 0.1) is 6.54 Å². The molecule has 3 N–H and O–H groups in total. The smallest absolute Gasteiger partial charge is 0.243 e. The molecule has 23 heavy (non-hydrogen) atoms. The van der Waals surface area contributed by atoms with Gasteiger partial charge >= 0.3 is 0 Å². The molecule has 0 bridgehead atoms. The molecule has 0 saturated heterocycles. The van der Waals surface area contributed by atoms with E-state index in [2.05, 4.69) is 26.1 Å². The van der Waals surface area contributed by atoms with Crippen molar-refractivity contribution in [2.75, 3.05) is 29.0 Å². The average molecular weight is 374 g/mol. The molecule has 0 aliphatic carbocycles. The third-order valence-electron chi connectivity index (χ3n) is 4.18. The predicted molar refractivity (Wildman–Crippen MR) is 98.9 cm³/mol. The first kappa shape index (κ1) is 15.9. The van der Waals surface area contributed by atoms with Crippen LogP contribution in [0.5, 0.6) is 0 Å². The van der Waals surface area contributed by atoms with Gasteiger partial charge in [0.25, 0.3) is 0 Å². The number of anilines is 3. The Morgan fingerprint density at radius 3 is 2.96 bits per heavy atom. The lowest BCUT2D eigenvalue weighted by Crippen LogP contribution is -2.37. The molecule has 1 aliphatic rings. The monoisotopic (exact) mass is 373 g/mol. The molecule has 0 aromatic heterocycles. The maximum Gasteiger partial charge on any atom is 0.243 e. The number of nitrogens with zero attached hydrogens (tertiary/aromatic N) is 1. The van der Waals surface area contributed by atoms with Gasteiger partial charge in [-0.3, -0.25) is 4.79 Å². The SMILES string of the molecule is Cc1cc(Br)ccc1NC(=O)CN1CCCc2c(N)cccc21. The minimum atomic E-state index is -0.00861. The van der Waals surface area contributed by atoms with E-state index in [1.807, 2.05) is 43.3 Å². The van der Waals surface area contributed by atoms with Crippen LogP contribution in [0.25, 0.3) is 0 Å². The van der Waals surface area contributed by atoms with Gasteiger partial charge in [-0.1, -0.05) is 22.0 Å². The summed E-state index contributed by atoms with van der Waals surface area (Å²) in [6.07, 6.45) is 2.00. The molecule has 0 atom stereocenters. The molecule has 1 heterocycles. The van der Waals surface area contributed by atoms with Crippen molar-refractivity contribution < 1.29 is 4.79 Å². The molecule has 2 aromatic rings. The molecule has 2 aromatic carbocycles. The van der Waals surface area contributed by atoms with Crippen LogP contribution in [0.2, 0.25) is 0 Å². The number of benzene rings is 2. The number of rotatable bonds is 3. The Labute approximate surface area is 144 Å². The number of nitrogens with two attached hydrogens (primary N) is 1. The predicted octanol–water partition coefficient (Wildman–Crippen LogP) is 3.73. The molecule has 120 valence electrons. The molecule has 0 radical (unpaired) electrons. The zero-order valence-corrected chi connectivity index (χ0v) is 14.7. The summed E-state index contributed by atoms with van der Waals surface area (Å²) in [6.45, 7) is 3.20. The van der Waals surface area contributed by atoms with Gasteiger partial charge in [0.15, 0.2) is 0 Å². The van der Waals surface area contributed by atoms with Gasteiger partial charge in [0.1, 0.15) is 0 Å². The summed E-state index contributed by atoms with van der Waals surface area (Å²) in [4.78, 5) is 14.5. The molecule has 0 spiro atoms. The molecular formula is C18H20BrN3O. The van der Waals surface area contributed by atoms with Gasteiger partial charge in [-0.2, -0.15) is 0 Å². The van der Waals surface area contributed by atoms with Crippen molar-refractivity contribution in [3.63, 3.8) is 0 Å². The fraction of sp³-hybridized carbons (Fsp3) is 0.278. The Hall–Kier alpha value is -2.01. The van der Waals surface area contributed by atoms with Crippen molar-refractivity contribution in [3.05, 3.63) is 52.0 Å². The second-order valence-electron chi connectivity index (χ2n) is 5.88. The first-order valence-electron chi connectivity index (χ1n) is 7.73. The van der Waals surface area contributed by atoms with Crippen LogP contribution in [0.4, 0.5) is 17.1 Å². The van der Waals surface area contributed by atoms with Crippen LogP contribution in [0.15, 0.2) is 40.9 Å². The summed E-state index contributed by atoms with van der Waals surface area (Å²) in [7, 11) is 0. The number of nitrogens with one attached hydrogen (secondary N) is 1. The van der Waals surface area contributed by atoms with Crippen molar-refractivity contribution in [3.8, 4) is 0 Å². The van der Waals surface area contributed by atoms with Crippen LogP contribution in [-0.2, 0) is 11.2 Å². The Morgan fingerprint density at radius 2 is 2.17 bits per heavy atom. The maximum atomic E-state index is 12.4. The molecular weight excluding hydrogens is 354 g/mol. The van der Waals surface area contributed by atoms with E-state index in [1.165, 1.54) is 0 Å². The number of halogens is 1. The van der Waals surface area contributed by atoms with Gasteiger partial charge in [0.2, 0.25) is 5.91 Å². The van der Waals surface area contributed by atoms with E-state index in [0.29, 0.717) is 6.54 Å². The minimum Gasteiger partial charge on any atom is -0.398 e. The number of nitrogen functional groups attached to an aromatic ring is 1. The summed E-state index contributed by atoms with van der Waals surface area (Å²) < 4.78 is 1.01. The van der Waals surface area contributed by atoms with E-state index in [-0.39, 0.29) is 5.91 Å². The van der Waals surface area contributed by atoms with Gasteiger partial charge < -0.3 is 16.0 Å². The molecule has 1 amide bonds. The highest BCUT2D eigenvalue weighted by Gasteiger charge is 2.20. The Balaban J connectivity index is 1.73. The lowest BCUT2D eigenvalue weighted by Gasteiger charge is -2.31. The van der Waals surface area contributed by atoms with Crippen molar-refractivity contribution in [1.29, 1.82) is 0 Å². The first-order chi connectivity index (χ1) is 11.0. The highest BCUT2D eigenvalue weighted by Crippen LogP contribution is 2.31. The summed E-state index contributed by atoms with van der Waals surface area (Å²) in [5.41, 5.74) is 11.0. The lowest BCUT2D eigenvalue weighted by atomic mass is 10.00. The third kappa shape index (κ3) is 3.50. The molecule has 3 rings (SSSR count). The number of aryl methyl sites for hydroxylation is 1. The second-order valence-corrected chi connectivity index (χ2v) is 6.79. The zero-order valence-electron chi connectivity index (χ0n) is 13.1. The van der Waals surface area contributed by atoms with Gasteiger partial charge in [-0.25, -0.2) is 0 Å². The van der Waals surface area contributed by atoms with Crippen LogP contribution in [0.1, 0.15) is 17.5 Å². The van der Waals surface area contributed by atoms with Crippen molar-refractivity contribution in [2.24, 2.45) is 0 Å². The van der Waals surface area contributed by atoms with E-state index >= 15 is 0 Å². The molecule has 0 fully saturated rings. The first-order valence-corrected chi connectivity index (χ1v) is 8.52. The zero-order chi connectivity index (χ0) is 16.4. The van der Waals surface area contributed by atoms with Crippen LogP contribution in [0.3, 0.4) is 0 Å².